The number of aromatic nitrogens is 4. The Bertz CT molecular complexity index is 970. The molecule has 0 unspecified atom stereocenters. The highest BCUT2D eigenvalue weighted by Crippen LogP contribution is 2.17. The van der Waals surface area contributed by atoms with Gasteiger partial charge in [-0.2, -0.15) is 0 Å². The van der Waals surface area contributed by atoms with E-state index < -0.39 is 0 Å². The Kier molecular flexibility index (Phi) is 7.19. The maximum absolute atomic E-state index is 12.1. The maximum Gasteiger partial charge on any atom is 0.288 e. The third kappa shape index (κ3) is 6.29. The number of amides is 2. The molecule has 0 atom stereocenters. The van der Waals surface area contributed by atoms with E-state index in [1.807, 2.05) is 31.2 Å². The van der Waals surface area contributed by atoms with Gasteiger partial charge in [0.05, 0.1) is 7.11 Å². The van der Waals surface area contributed by atoms with Gasteiger partial charge in [0, 0.05) is 19.4 Å². The van der Waals surface area contributed by atoms with Crippen molar-refractivity contribution >= 4 is 39.6 Å². The monoisotopic (exact) mass is 432 g/mol. The SMILES string of the molecule is COc1ccc(CNC(=O)CCCc2nnc(C(=O)Nc3nnc(C)s3)s2)cc1. The van der Waals surface area contributed by atoms with Gasteiger partial charge >= 0.3 is 0 Å². The Labute approximate surface area is 175 Å². The minimum Gasteiger partial charge on any atom is -0.497 e. The summed E-state index contributed by atoms with van der Waals surface area (Å²) in [7, 11) is 1.61. The molecule has 11 heteroatoms. The van der Waals surface area contributed by atoms with Crippen LogP contribution in [0.4, 0.5) is 5.13 Å². The van der Waals surface area contributed by atoms with Gasteiger partial charge in [0.1, 0.15) is 15.8 Å². The summed E-state index contributed by atoms with van der Waals surface area (Å²) in [6.45, 7) is 2.28. The molecule has 2 aromatic heterocycles. The second kappa shape index (κ2) is 10.0. The molecular weight excluding hydrogens is 412 g/mol. The van der Waals surface area contributed by atoms with Gasteiger partial charge in [0.2, 0.25) is 16.0 Å². The zero-order valence-electron chi connectivity index (χ0n) is 16.0. The molecule has 0 bridgehead atoms. The Hall–Kier alpha value is -2.92. The van der Waals surface area contributed by atoms with E-state index in [1.165, 1.54) is 22.7 Å². The molecule has 0 aliphatic rings. The number of rotatable bonds is 9. The number of carbonyl (C=O) groups is 2. The highest BCUT2D eigenvalue weighted by Gasteiger charge is 2.15. The van der Waals surface area contributed by atoms with Crippen molar-refractivity contribution in [2.24, 2.45) is 0 Å². The number of methoxy groups -OCH3 is 1. The fraction of sp³-hybridized carbons (Fsp3) is 0.333. The molecule has 2 N–H and O–H groups in total. The first kappa shape index (κ1) is 20.8. The zero-order chi connectivity index (χ0) is 20.6. The summed E-state index contributed by atoms with van der Waals surface area (Å²) in [6, 6.07) is 7.54. The Morgan fingerprint density at radius 3 is 2.55 bits per heavy atom. The average Bonchev–Trinajstić information content (AvgIpc) is 3.36. The lowest BCUT2D eigenvalue weighted by Crippen LogP contribution is -2.22. The normalized spacial score (nSPS) is 10.6. The van der Waals surface area contributed by atoms with E-state index in [-0.39, 0.29) is 16.8 Å². The fourth-order valence-electron chi connectivity index (χ4n) is 2.38. The summed E-state index contributed by atoms with van der Waals surface area (Å²) >= 11 is 2.50. The van der Waals surface area contributed by atoms with Crippen molar-refractivity contribution in [2.45, 2.75) is 32.7 Å². The summed E-state index contributed by atoms with van der Waals surface area (Å²) < 4.78 is 5.11. The highest BCUT2D eigenvalue weighted by atomic mass is 32.1. The quantitative estimate of drug-likeness (QED) is 0.533. The number of carbonyl (C=O) groups excluding carboxylic acids is 2. The molecule has 0 radical (unpaired) electrons. The van der Waals surface area contributed by atoms with Gasteiger partial charge in [-0.05, 0) is 31.0 Å². The topological polar surface area (TPSA) is 119 Å². The van der Waals surface area contributed by atoms with Crippen LogP contribution in [0.25, 0.3) is 0 Å². The van der Waals surface area contributed by atoms with Crippen molar-refractivity contribution in [3.8, 4) is 5.75 Å². The van der Waals surface area contributed by atoms with E-state index in [9.17, 15) is 9.59 Å². The molecule has 0 aliphatic heterocycles. The second-order valence-corrected chi connectivity index (χ2v) is 8.30. The van der Waals surface area contributed by atoms with Crippen LogP contribution >= 0.6 is 22.7 Å². The smallest absolute Gasteiger partial charge is 0.288 e. The van der Waals surface area contributed by atoms with Crippen LogP contribution < -0.4 is 15.4 Å². The van der Waals surface area contributed by atoms with Crippen LogP contribution in [0.2, 0.25) is 0 Å². The third-order valence-corrected chi connectivity index (χ3v) is 5.59. The number of hydrogen-bond acceptors (Lipinski definition) is 9. The van der Waals surface area contributed by atoms with Crippen molar-refractivity contribution in [1.82, 2.24) is 25.7 Å². The molecule has 0 fully saturated rings. The summed E-state index contributed by atoms with van der Waals surface area (Å²) in [4.78, 5) is 24.1. The number of nitrogens with one attached hydrogen (secondary N) is 2. The minimum atomic E-state index is -0.359. The van der Waals surface area contributed by atoms with Crippen LogP contribution in [0.15, 0.2) is 24.3 Å². The zero-order valence-corrected chi connectivity index (χ0v) is 17.6. The molecule has 9 nitrogen and oxygen atoms in total. The van der Waals surface area contributed by atoms with Gasteiger partial charge in [-0.1, -0.05) is 34.8 Å². The van der Waals surface area contributed by atoms with Gasteiger partial charge in [0.15, 0.2) is 0 Å². The molecular formula is C18H20N6O3S2. The van der Waals surface area contributed by atoms with Gasteiger partial charge < -0.3 is 10.1 Å². The molecule has 0 saturated heterocycles. The predicted octanol–water partition coefficient (Wildman–Crippen LogP) is 2.60. The first-order valence-electron chi connectivity index (χ1n) is 8.87. The van der Waals surface area contributed by atoms with E-state index >= 15 is 0 Å². The van der Waals surface area contributed by atoms with Gasteiger partial charge in [-0.15, -0.1) is 20.4 Å². The molecule has 0 aliphatic carbocycles. The largest absolute Gasteiger partial charge is 0.497 e. The van der Waals surface area contributed by atoms with Gasteiger partial charge in [-0.3, -0.25) is 14.9 Å². The average molecular weight is 433 g/mol. The first-order chi connectivity index (χ1) is 14.0. The van der Waals surface area contributed by atoms with Crippen LogP contribution in [0.5, 0.6) is 5.75 Å². The number of ether oxygens (including phenoxy) is 1. The first-order valence-corrected chi connectivity index (χ1v) is 10.5. The number of hydrogen-bond donors (Lipinski definition) is 2. The molecule has 0 saturated carbocycles. The summed E-state index contributed by atoms with van der Waals surface area (Å²) in [5, 5.41) is 23.3. The van der Waals surface area contributed by atoms with E-state index in [4.69, 9.17) is 4.74 Å². The summed E-state index contributed by atoms with van der Waals surface area (Å²) in [5.74, 6) is 0.390. The van der Waals surface area contributed by atoms with Crippen LogP contribution in [0.3, 0.4) is 0 Å². The molecule has 2 amide bonds. The number of aryl methyl sites for hydroxylation is 2. The van der Waals surface area contributed by atoms with Crippen LogP contribution in [0.1, 0.15) is 38.2 Å². The predicted molar refractivity (Wildman–Crippen MR) is 110 cm³/mol. The summed E-state index contributed by atoms with van der Waals surface area (Å²) in [5.41, 5.74) is 1.00. The lowest BCUT2D eigenvalue weighted by molar-refractivity contribution is -0.121. The Morgan fingerprint density at radius 1 is 1.07 bits per heavy atom. The molecule has 152 valence electrons. The molecule has 3 rings (SSSR count). The molecule has 1 aromatic carbocycles. The number of benzene rings is 1. The lowest BCUT2D eigenvalue weighted by atomic mass is 10.2. The highest BCUT2D eigenvalue weighted by molar-refractivity contribution is 7.15. The van der Waals surface area contributed by atoms with Crippen LogP contribution in [-0.4, -0.2) is 39.3 Å². The molecule has 2 heterocycles. The molecule has 29 heavy (non-hydrogen) atoms. The maximum atomic E-state index is 12.1. The van der Waals surface area contributed by atoms with Crippen molar-refractivity contribution in [1.29, 1.82) is 0 Å². The summed E-state index contributed by atoms with van der Waals surface area (Å²) in [6.07, 6.45) is 1.58. The Balaban J connectivity index is 1.38. The fourth-order valence-corrected chi connectivity index (χ4v) is 3.74. The van der Waals surface area contributed by atoms with E-state index in [0.29, 0.717) is 35.9 Å². The van der Waals surface area contributed by atoms with Crippen molar-refractivity contribution < 1.29 is 14.3 Å². The standard InChI is InChI=1S/C18H20N6O3S2/c1-11-21-24-18(28-11)20-16(26)17-23-22-15(29-17)5-3-4-14(25)19-10-12-6-8-13(27-2)9-7-12/h6-9H,3-5,10H2,1-2H3,(H,19,25)(H,20,24,26). The van der Waals surface area contributed by atoms with E-state index in [1.54, 1.807) is 7.11 Å². The Morgan fingerprint density at radius 2 is 1.86 bits per heavy atom. The minimum absolute atomic E-state index is 0.0325. The lowest BCUT2D eigenvalue weighted by Gasteiger charge is -2.06. The van der Waals surface area contributed by atoms with Crippen molar-refractivity contribution in [2.75, 3.05) is 12.4 Å². The van der Waals surface area contributed by atoms with Gasteiger partial charge in [0.25, 0.3) is 5.91 Å². The number of anilines is 1. The van der Waals surface area contributed by atoms with Crippen LogP contribution in [0, 0.1) is 6.92 Å². The van der Waals surface area contributed by atoms with Crippen molar-refractivity contribution in [3.63, 3.8) is 0 Å². The third-order valence-electron chi connectivity index (χ3n) is 3.85. The number of nitrogens with zero attached hydrogens (tertiary/aromatic N) is 4. The van der Waals surface area contributed by atoms with Gasteiger partial charge in [-0.25, -0.2) is 0 Å². The van der Waals surface area contributed by atoms with Crippen LogP contribution in [-0.2, 0) is 17.8 Å². The van der Waals surface area contributed by atoms with E-state index in [2.05, 4.69) is 31.0 Å². The molecule has 0 spiro atoms. The van der Waals surface area contributed by atoms with E-state index in [0.717, 1.165) is 16.3 Å². The second-order valence-electron chi connectivity index (χ2n) is 6.06. The van der Waals surface area contributed by atoms with Crippen molar-refractivity contribution in [3.05, 3.63) is 44.9 Å². The molecule has 3 aromatic rings.